The van der Waals surface area contributed by atoms with E-state index in [-0.39, 0.29) is 6.61 Å². The average Bonchev–Trinajstić information content (AvgIpc) is 2.69. The Bertz CT molecular complexity index is 362. The van der Waals surface area contributed by atoms with Gasteiger partial charge in [-0.1, -0.05) is 30.3 Å². The quantitative estimate of drug-likeness (QED) is 0.653. The molecule has 1 aliphatic rings. The normalized spacial score (nSPS) is 16.1. The van der Waals surface area contributed by atoms with Crippen molar-refractivity contribution < 1.29 is 14.6 Å². The average molecular weight is 250 g/mol. The summed E-state index contributed by atoms with van der Waals surface area (Å²) in [5, 5.41) is 3.22. The van der Waals surface area contributed by atoms with Gasteiger partial charge in [-0.05, 0) is 18.5 Å². The number of carbonyl (C=O) groups excluding carboxylic acids is 1. The Morgan fingerprint density at radius 1 is 1.22 bits per heavy atom. The van der Waals surface area contributed by atoms with Gasteiger partial charge in [0.1, 0.15) is 6.61 Å². The number of carbonyl (C=O) groups is 1. The van der Waals surface area contributed by atoms with E-state index >= 15 is 0 Å². The van der Waals surface area contributed by atoms with E-state index in [1.54, 1.807) is 4.90 Å². The lowest BCUT2D eigenvalue weighted by Gasteiger charge is -2.17. The fourth-order valence-corrected chi connectivity index (χ4v) is 1.80. The second-order valence-electron chi connectivity index (χ2n) is 4.19. The van der Waals surface area contributed by atoms with Crippen molar-refractivity contribution in [2.24, 2.45) is 0 Å². The maximum absolute atomic E-state index is 11.7. The van der Waals surface area contributed by atoms with Crippen LogP contribution < -0.4 is 5.32 Å². The van der Waals surface area contributed by atoms with E-state index in [0.29, 0.717) is 13.1 Å². The van der Waals surface area contributed by atoms with Crippen LogP contribution in [0.2, 0.25) is 0 Å². The maximum atomic E-state index is 11.7. The Morgan fingerprint density at radius 3 is 2.89 bits per heavy atom. The molecule has 5 heteroatoms. The fourth-order valence-electron chi connectivity index (χ4n) is 1.80. The van der Waals surface area contributed by atoms with Crippen LogP contribution in [-0.2, 0) is 16.4 Å². The van der Waals surface area contributed by atoms with E-state index in [9.17, 15) is 4.79 Å². The highest BCUT2D eigenvalue weighted by atomic mass is 17.2. The first-order chi connectivity index (χ1) is 8.86. The SMILES string of the molecule is O=C(OOCc1ccccc1)N1CCCNCC1. The van der Waals surface area contributed by atoms with Crippen LogP contribution in [-0.4, -0.2) is 37.2 Å². The molecule has 98 valence electrons. The number of nitrogens with one attached hydrogen (secondary N) is 1. The maximum Gasteiger partial charge on any atom is 0.441 e. The topological polar surface area (TPSA) is 50.8 Å². The van der Waals surface area contributed by atoms with Gasteiger partial charge in [0.15, 0.2) is 0 Å². The first kappa shape index (κ1) is 12.9. The Labute approximate surface area is 107 Å². The number of benzene rings is 1. The number of hydrogen-bond acceptors (Lipinski definition) is 4. The summed E-state index contributed by atoms with van der Waals surface area (Å²) >= 11 is 0. The highest BCUT2D eigenvalue weighted by molar-refractivity contribution is 5.66. The molecule has 0 unspecified atom stereocenters. The van der Waals surface area contributed by atoms with Crippen LogP contribution in [0.1, 0.15) is 12.0 Å². The van der Waals surface area contributed by atoms with Gasteiger partial charge in [0.2, 0.25) is 0 Å². The molecule has 0 atom stereocenters. The lowest BCUT2D eigenvalue weighted by Crippen LogP contribution is -2.34. The van der Waals surface area contributed by atoms with Crippen LogP contribution in [0.4, 0.5) is 4.79 Å². The van der Waals surface area contributed by atoms with E-state index in [1.807, 2.05) is 30.3 Å². The summed E-state index contributed by atoms with van der Waals surface area (Å²) in [5.41, 5.74) is 0.975. The Morgan fingerprint density at radius 2 is 2.06 bits per heavy atom. The Kier molecular flexibility index (Phi) is 4.99. The molecule has 0 radical (unpaired) electrons. The van der Waals surface area contributed by atoms with Gasteiger partial charge in [-0.25, -0.2) is 4.79 Å². The molecular formula is C13H18N2O3. The van der Waals surface area contributed by atoms with E-state index < -0.39 is 6.09 Å². The molecule has 0 aliphatic carbocycles. The zero-order valence-electron chi connectivity index (χ0n) is 10.3. The molecule has 1 fully saturated rings. The molecule has 0 aromatic heterocycles. The molecule has 1 N–H and O–H groups in total. The van der Waals surface area contributed by atoms with Crippen molar-refractivity contribution in [2.45, 2.75) is 13.0 Å². The monoisotopic (exact) mass is 250 g/mol. The van der Waals surface area contributed by atoms with Gasteiger partial charge in [0, 0.05) is 19.6 Å². The Hall–Kier alpha value is -1.59. The molecular weight excluding hydrogens is 232 g/mol. The largest absolute Gasteiger partial charge is 0.441 e. The van der Waals surface area contributed by atoms with Crippen LogP contribution in [0, 0.1) is 0 Å². The van der Waals surface area contributed by atoms with Crippen molar-refractivity contribution in [3.05, 3.63) is 35.9 Å². The van der Waals surface area contributed by atoms with Crippen molar-refractivity contribution in [1.29, 1.82) is 0 Å². The molecule has 1 heterocycles. The molecule has 0 bridgehead atoms. The number of amides is 1. The molecule has 1 saturated heterocycles. The molecule has 2 rings (SSSR count). The van der Waals surface area contributed by atoms with Gasteiger partial charge in [-0.15, -0.1) is 0 Å². The summed E-state index contributed by atoms with van der Waals surface area (Å²) in [5.74, 6) is 0. The fraction of sp³-hybridized carbons (Fsp3) is 0.462. The van der Waals surface area contributed by atoms with Crippen molar-refractivity contribution in [2.75, 3.05) is 26.2 Å². The summed E-state index contributed by atoms with van der Waals surface area (Å²) in [7, 11) is 0. The Balaban J connectivity index is 1.71. The second kappa shape index (κ2) is 6.98. The number of rotatable bonds is 3. The third-order valence-corrected chi connectivity index (χ3v) is 2.80. The second-order valence-corrected chi connectivity index (χ2v) is 4.19. The van der Waals surface area contributed by atoms with Crippen molar-refractivity contribution in [3.8, 4) is 0 Å². The molecule has 1 aromatic rings. The van der Waals surface area contributed by atoms with Gasteiger partial charge < -0.3 is 10.2 Å². The zero-order valence-corrected chi connectivity index (χ0v) is 10.3. The predicted molar refractivity (Wildman–Crippen MR) is 66.8 cm³/mol. The minimum atomic E-state index is -0.408. The van der Waals surface area contributed by atoms with Crippen molar-refractivity contribution in [3.63, 3.8) is 0 Å². The van der Waals surface area contributed by atoms with Crippen molar-refractivity contribution in [1.82, 2.24) is 10.2 Å². The molecule has 0 spiro atoms. The summed E-state index contributed by atoms with van der Waals surface area (Å²) in [6.45, 7) is 3.38. The number of hydrogen-bond donors (Lipinski definition) is 1. The van der Waals surface area contributed by atoms with E-state index in [0.717, 1.165) is 25.1 Å². The van der Waals surface area contributed by atoms with Crippen LogP contribution >= 0.6 is 0 Å². The van der Waals surface area contributed by atoms with E-state index in [4.69, 9.17) is 9.78 Å². The van der Waals surface area contributed by atoms with E-state index in [1.165, 1.54) is 0 Å². The van der Waals surface area contributed by atoms with Gasteiger partial charge >= 0.3 is 6.09 Å². The molecule has 18 heavy (non-hydrogen) atoms. The summed E-state index contributed by atoms with van der Waals surface area (Å²) in [4.78, 5) is 23.1. The van der Waals surface area contributed by atoms with Crippen LogP contribution in [0.5, 0.6) is 0 Å². The van der Waals surface area contributed by atoms with Gasteiger partial charge in [-0.2, -0.15) is 4.89 Å². The third kappa shape index (κ3) is 4.01. The van der Waals surface area contributed by atoms with Gasteiger partial charge in [0.25, 0.3) is 0 Å². The van der Waals surface area contributed by atoms with Crippen LogP contribution in [0.15, 0.2) is 30.3 Å². The lowest BCUT2D eigenvalue weighted by atomic mass is 10.2. The van der Waals surface area contributed by atoms with Gasteiger partial charge in [0.05, 0.1) is 0 Å². The van der Waals surface area contributed by atoms with Gasteiger partial charge in [-0.3, -0.25) is 4.89 Å². The minimum Gasteiger partial charge on any atom is -0.315 e. The van der Waals surface area contributed by atoms with Crippen LogP contribution in [0.25, 0.3) is 0 Å². The number of nitrogens with zero attached hydrogens (tertiary/aromatic N) is 1. The molecule has 1 aliphatic heterocycles. The minimum absolute atomic E-state index is 0.276. The van der Waals surface area contributed by atoms with Crippen molar-refractivity contribution >= 4 is 6.09 Å². The van der Waals surface area contributed by atoms with Crippen LogP contribution in [0.3, 0.4) is 0 Å². The van der Waals surface area contributed by atoms with E-state index in [2.05, 4.69) is 5.32 Å². The predicted octanol–water partition coefficient (Wildman–Crippen LogP) is 1.55. The molecule has 5 nitrogen and oxygen atoms in total. The highest BCUT2D eigenvalue weighted by Gasteiger charge is 2.17. The molecule has 1 amide bonds. The third-order valence-electron chi connectivity index (χ3n) is 2.80. The first-order valence-electron chi connectivity index (χ1n) is 6.19. The molecule has 1 aromatic carbocycles. The smallest absolute Gasteiger partial charge is 0.315 e. The summed E-state index contributed by atoms with van der Waals surface area (Å²) < 4.78 is 0. The lowest BCUT2D eigenvalue weighted by molar-refractivity contribution is -0.255. The summed E-state index contributed by atoms with van der Waals surface area (Å²) in [6, 6.07) is 9.61. The zero-order chi connectivity index (χ0) is 12.6. The standard InChI is InChI=1S/C13H18N2O3/c16-13(15-9-4-7-14-8-10-15)18-17-11-12-5-2-1-3-6-12/h1-3,5-6,14H,4,7-11H2. The molecule has 0 saturated carbocycles. The highest BCUT2D eigenvalue weighted by Crippen LogP contribution is 2.03. The summed E-state index contributed by atoms with van der Waals surface area (Å²) in [6.07, 6.45) is 0.531. The first-order valence-corrected chi connectivity index (χ1v) is 6.19.